The standard InChI is InChI=1S/C26H26F2N4OS/c1-17(19-5-7-21(8-6-19)32-11-13-33-14-12-32)24-22(28)9-10-23-25(24)30-26(31-34-23)29-16-18-3-2-4-20(27)15-18/h2-10,15,17H,11-14,16H2,1H3,(H2,29,30,31). The number of aliphatic imine (C=N–C) groups is 1. The van der Waals surface area contributed by atoms with Crippen LogP contribution in [-0.4, -0.2) is 32.3 Å². The van der Waals surface area contributed by atoms with Gasteiger partial charge in [0.1, 0.15) is 11.6 Å². The van der Waals surface area contributed by atoms with Crippen molar-refractivity contribution in [3.8, 4) is 0 Å². The van der Waals surface area contributed by atoms with Crippen LogP contribution < -0.4 is 14.9 Å². The van der Waals surface area contributed by atoms with Crippen molar-refractivity contribution in [3.63, 3.8) is 0 Å². The van der Waals surface area contributed by atoms with E-state index in [2.05, 4.69) is 44.2 Å². The average molecular weight is 481 g/mol. The van der Waals surface area contributed by atoms with Gasteiger partial charge in [-0.15, -0.1) is 0 Å². The lowest BCUT2D eigenvalue weighted by Crippen LogP contribution is -2.36. The van der Waals surface area contributed by atoms with Crippen LogP contribution in [0.15, 0.2) is 70.6 Å². The fourth-order valence-electron chi connectivity index (χ4n) is 4.30. The molecule has 0 spiro atoms. The van der Waals surface area contributed by atoms with Crippen molar-refractivity contribution in [1.82, 2.24) is 4.72 Å². The second-order valence-corrected chi connectivity index (χ2v) is 9.22. The Hall–Kier alpha value is -3.10. The number of anilines is 2. The van der Waals surface area contributed by atoms with Crippen molar-refractivity contribution in [2.45, 2.75) is 24.3 Å². The van der Waals surface area contributed by atoms with Crippen molar-refractivity contribution in [3.05, 3.63) is 89.0 Å². The summed E-state index contributed by atoms with van der Waals surface area (Å²) in [6.45, 7) is 5.55. The second kappa shape index (κ2) is 10.0. The van der Waals surface area contributed by atoms with Gasteiger partial charge in [0.05, 0.1) is 30.3 Å². The summed E-state index contributed by atoms with van der Waals surface area (Å²) in [5.41, 5.74) is 4.27. The number of nitrogens with zero attached hydrogens (tertiary/aromatic N) is 2. The number of morpholine rings is 1. The van der Waals surface area contributed by atoms with E-state index in [1.54, 1.807) is 12.1 Å². The van der Waals surface area contributed by atoms with E-state index >= 15 is 4.39 Å². The van der Waals surface area contributed by atoms with Gasteiger partial charge in [0.15, 0.2) is 0 Å². The van der Waals surface area contributed by atoms with Gasteiger partial charge in [-0.2, -0.15) is 0 Å². The largest absolute Gasteiger partial charge is 0.378 e. The van der Waals surface area contributed by atoms with E-state index in [1.807, 2.05) is 13.0 Å². The number of guanidine groups is 1. The van der Waals surface area contributed by atoms with Crippen LogP contribution in [0, 0.1) is 11.6 Å². The molecule has 5 nitrogen and oxygen atoms in total. The van der Waals surface area contributed by atoms with E-state index in [0.717, 1.165) is 48.0 Å². The number of nitrogens with one attached hydrogen (secondary N) is 2. The number of hydrogen-bond acceptors (Lipinski definition) is 4. The molecule has 2 aliphatic heterocycles. The molecule has 176 valence electrons. The van der Waals surface area contributed by atoms with Crippen LogP contribution >= 0.6 is 11.9 Å². The third kappa shape index (κ3) is 4.88. The number of fused-ring (bicyclic) bond motifs is 1. The minimum atomic E-state index is -0.292. The van der Waals surface area contributed by atoms with Gasteiger partial charge in [-0.1, -0.05) is 31.2 Å². The molecule has 2 N–H and O–H groups in total. The number of hydrogen-bond donors (Lipinski definition) is 2. The number of ether oxygens (including phenoxy) is 1. The highest BCUT2D eigenvalue weighted by Crippen LogP contribution is 2.40. The van der Waals surface area contributed by atoms with E-state index in [1.165, 1.54) is 30.1 Å². The Balaban J connectivity index is 1.38. The van der Waals surface area contributed by atoms with Gasteiger partial charge in [0.25, 0.3) is 0 Å². The summed E-state index contributed by atoms with van der Waals surface area (Å²) in [5, 5.41) is 3.27. The predicted octanol–water partition coefficient (Wildman–Crippen LogP) is 5.53. The van der Waals surface area contributed by atoms with Crippen LogP contribution in [-0.2, 0) is 11.3 Å². The molecule has 3 aromatic rings. The van der Waals surface area contributed by atoms with Crippen LogP contribution in [0.2, 0.25) is 0 Å². The van der Waals surface area contributed by atoms with Crippen LogP contribution in [0.1, 0.15) is 29.5 Å². The number of benzene rings is 3. The maximum absolute atomic E-state index is 15.1. The Morgan fingerprint density at radius 1 is 1.06 bits per heavy atom. The summed E-state index contributed by atoms with van der Waals surface area (Å²) in [7, 11) is 0. The molecule has 0 bridgehead atoms. The van der Waals surface area contributed by atoms with Gasteiger partial charge in [-0.25, -0.2) is 13.8 Å². The molecular formula is C26H26F2N4OS. The second-order valence-electron chi connectivity index (χ2n) is 8.37. The van der Waals surface area contributed by atoms with Gasteiger partial charge in [-0.05, 0) is 59.5 Å². The first-order valence-corrected chi connectivity index (χ1v) is 12.1. The quantitative estimate of drug-likeness (QED) is 0.470. The number of halogens is 2. The van der Waals surface area contributed by atoms with Crippen molar-refractivity contribution in [1.29, 1.82) is 0 Å². The Morgan fingerprint density at radius 3 is 2.62 bits per heavy atom. The van der Waals surface area contributed by atoms with Gasteiger partial charge in [0, 0.05) is 30.3 Å². The zero-order chi connectivity index (χ0) is 23.5. The average Bonchev–Trinajstić information content (AvgIpc) is 2.87. The number of rotatable bonds is 5. The smallest absolute Gasteiger partial charge is 0.206 e. The zero-order valence-electron chi connectivity index (χ0n) is 18.9. The lowest BCUT2D eigenvalue weighted by atomic mass is 9.91. The highest BCUT2D eigenvalue weighted by Gasteiger charge is 2.25. The van der Waals surface area contributed by atoms with E-state index in [-0.39, 0.29) is 17.6 Å². The van der Waals surface area contributed by atoms with Crippen molar-refractivity contribution in [2.24, 2.45) is 4.99 Å². The maximum Gasteiger partial charge on any atom is 0.206 e. The van der Waals surface area contributed by atoms with Crippen molar-refractivity contribution in [2.75, 3.05) is 36.5 Å². The Morgan fingerprint density at radius 2 is 1.85 bits per heavy atom. The van der Waals surface area contributed by atoms with E-state index in [4.69, 9.17) is 4.74 Å². The van der Waals surface area contributed by atoms with Crippen LogP contribution in [0.4, 0.5) is 20.2 Å². The summed E-state index contributed by atoms with van der Waals surface area (Å²) >= 11 is 1.39. The van der Waals surface area contributed by atoms with E-state index in [9.17, 15) is 4.39 Å². The van der Waals surface area contributed by atoms with Crippen molar-refractivity contribution >= 4 is 29.3 Å². The Bertz CT molecular complexity index is 1200. The van der Waals surface area contributed by atoms with Crippen LogP contribution in [0.5, 0.6) is 0 Å². The topological polar surface area (TPSA) is 48.9 Å². The summed E-state index contributed by atoms with van der Waals surface area (Å²) < 4.78 is 37.2. The predicted molar refractivity (Wildman–Crippen MR) is 134 cm³/mol. The molecule has 5 rings (SSSR count). The molecule has 2 heterocycles. The minimum Gasteiger partial charge on any atom is -0.378 e. The van der Waals surface area contributed by atoms with Crippen LogP contribution in [0.3, 0.4) is 0 Å². The highest BCUT2D eigenvalue weighted by molar-refractivity contribution is 7.98. The van der Waals surface area contributed by atoms with Gasteiger partial charge < -0.3 is 15.0 Å². The zero-order valence-corrected chi connectivity index (χ0v) is 19.7. The maximum atomic E-state index is 15.1. The first-order chi connectivity index (χ1) is 16.6. The Labute approximate surface area is 202 Å². The summed E-state index contributed by atoms with van der Waals surface area (Å²) in [4.78, 5) is 7.73. The van der Waals surface area contributed by atoms with Gasteiger partial charge >= 0.3 is 0 Å². The molecule has 3 aromatic carbocycles. The van der Waals surface area contributed by atoms with E-state index < -0.39 is 0 Å². The molecule has 1 atom stereocenters. The molecule has 0 amide bonds. The van der Waals surface area contributed by atoms with Crippen molar-refractivity contribution < 1.29 is 13.5 Å². The highest BCUT2D eigenvalue weighted by atomic mass is 32.2. The summed E-state index contributed by atoms with van der Waals surface area (Å²) in [6, 6.07) is 18.0. The molecule has 8 heteroatoms. The van der Waals surface area contributed by atoms with Gasteiger partial charge in [0.2, 0.25) is 5.96 Å². The molecule has 1 unspecified atom stereocenters. The first kappa shape index (κ1) is 22.7. The molecular weight excluding hydrogens is 454 g/mol. The molecule has 1 fully saturated rings. The first-order valence-electron chi connectivity index (χ1n) is 11.3. The molecule has 0 aromatic heterocycles. The molecule has 0 saturated carbocycles. The molecule has 1 saturated heterocycles. The lowest BCUT2D eigenvalue weighted by Gasteiger charge is -2.29. The molecule has 34 heavy (non-hydrogen) atoms. The molecule has 0 aliphatic carbocycles. The fourth-order valence-corrected chi connectivity index (χ4v) is 5.02. The summed E-state index contributed by atoms with van der Waals surface area (Å²) in [6.07, 6.45) is 0. The van der Waals surface area contributed by atoms with E-state index in [0.29, 0.717) is 23.8 Å². The molecule has 0 radical (unpaired) electrons. The third-order valence-corrected chi connectivity index (χ3v) is 7.02. The fraction of sp³-hybridized carbons (Fsp3) is 0.269. The lowest BCUT2D eigenvalue weighted by molar-refractivity contribution is 0.122. The molecule has 2 aliphatic rings. The SMILES string of the molecule is CC(c1ccc(N2CCOCC2)cc1)c1c(F)ccc2c1NC(=NCc1cccc(F)c1)NS2. The Kier molecular flexibility index (Phi) is 6.69. The summed E-state index contributed by atoms with van der Waals surface area (Å²) in [5.74, 6) is -0.198. The monoisotopic (exact) mass is 480 g/mol. The normalized spacial score (nSPS) is 17.6. The van der Waals surface area contributed by atoms with Crippen LogP contribution in [0.25, 0.3) is 0 Å². The third-order valence-electron chi connectivity index (χ3n) is 6.17. The van der Waals surface area contributed by atoms with Gasteiger partial charge in [-0.3, -0.25) is 4.72 Å². The minimum absolute atomic E-state index is 0.163.